The second-order valence-corrected chi connectivity index (χ2v) is 13.2. The van der Waals surface area contributed by atoms with Gasteiger partial charge < -0.3 is 36.4 Å². The first-order chi connectivity index (χ1) is 16.9. The number of nitrogens with one attached hydrogen (secondary N) is 1. The predicted octanol–water partition coefficient (Wildman–Crippen LogP) is 4.60. The Morgan fingerprint density at radius 3 is 1.26 bits per heavy atom. The summed E-state index contributed by atoms with van der Waals surface area (Å²) in [5.74, 6) is 0. The fraction of sp³-hybridized carbons (Fsp3) is 0.875. The van der Waals surface area contributed by atoms with Gasteiger partial charge in [0.1, 0.15) is 0 Å². The fourth-order valence-electron chi connectivity index (χ4n) is 3.92. The molecule has 0 saturated carbocycles. The Bertz CT molecular complexity index is 532. The maximum Gasteiger partial charge on any atom is 0.518 e. The molecule has 0 saturated heterocycles. The van der Waals surface area contributed by atoms with Crippen molar-refractivity contribution in [3.8, 4) is 0 Å². The van der Waals surface area contributed by atoms with Crippen molar-refractivity contribution in [1.29, 1.82) is 0 Å². The number of aromatic nitrogens is 2. The molecule has 2 atom stereocenters. The van der Waals surface area contributed by atoms with Crippen molar-refractivity contribution in [2.24, 2.45) is 0 Å². The zero-order valence-corrected chi connectivity index (χ0v) is 25.8. The van der Waals surface area contributed by atoms with Gasteiger partial charge >= 0.3 is 17.6 Å². The molecule has 11 heteroatoms. The lowest BCUT2D eigenvalue weighted by Gasteiger charge is -2.41. The second-order valence-electron chi connectivity index (χ2n) is 7.69. The Morgan fingerprint density at radius 1 is 0.657 bits per heavy atom. The Labute approximate surface area is 216 Å². The number of imidazole rings is 1. The number of nitrogens with zero attached hydrogens (tertiary/aromatic N) is 2. The summed E-state index contributed by atoms with van der Waals surface area (Å²) < 4.78 is 38.8. The molecule has 208 valence electrons. The molecule has 1 N–H and O–H groups in total. The quantitative estimate of drug-likeness (QED) is 0.243. The molecule has 0 aliphatic heterocycles. The van der Waals surface area contributed by atoms with E-state index in [2.05, 4.69) is 35.6 Å². The van der Waals surface area contributed by atoms with Gasteiger partial charge in [-0.3, -0.25) is 0 Å². The lowest BCUT2D eigenvalue weighted by molar-refractivity contribution is 0.0438. The SMILES string of the molecule is CCCn1ccnc1.CCO[Si](OCC)(OCC)C(CC)NC(CC)[Si](OCC)(OCC)OCC. The topological polar surface area (TPSA) is 85.2 Å². The van der Waals surface area contributed by atoms with Crippen LogP contribution in [0.3, 0.4) is 0 Å². The minimum absolute atomic E-state index is 0.0597. The summed E-state index contributed by atoms with van der Waals surface area (Å²) in [6.07, 6.45) is 8.42. The lowest BCUT2D eigenvalue weighted by atomic mass is 10.4. The average molecular weight is 536 g/mol. The summed E-state index contributed by atoms with van der Waals surface area (Å²) in [4.78, 5) is 3.90. The van der Waals surface area contributed by atoms with E-state index in [0.29, 0.717) is 39.6 Å². The lowest BCUT2D eigenvalue weighted by Crippen LogP contribution is -2.69. The Morgan fingerprint density at radius 2 is 1.03 bits per heavy atom. The van der Waals surface area contributed by atoms with E-state index in [4.69, 9.17) is 26.6 Å². The van der Waals surface area contributed by atoms with Gasteiger partial charge in [0, 0.05) is 58.6 Å². The number of hydrogen-bond donors (Lipinski definition) is 1. The van der Waals surface area contributed by atoms with Gasteiger partial charge in [-0.2, -0.15) is 0 Å². The Balaban J connectivity index is 0.00000121. The van der Waals surface area contributed by atoms with Crippen LogP contribution in [0.4, 0.5) is 0 Å². The number of aryl methyl sites for hydroxylation is 1. The molecule has 1 aromatic rings. The molecule has 0 radical (unpaired) electrons. The van der Waals surface area contributed by atoms with Crippen molar-refractivity contribution in [2.75, 3.05) is 39.6 Å². The van der Waals surface area contributed by atoms with Crippen molar-refractivity contribution < 1.29 is 26.6 Å². The van der Waals surface area contributed by atoms with E-state index < -0.39 is 17.6 Å². The third-order valence-electron chi connectivity index (χ3n) is 5.19. The maximum absolute atomic E-state index is 6.13. The Kier molecular flexibility index (Phi) is 20.1. The summed E-state index contributed by atoms with van der Waals surface area (Å²) in [5.41, 5.74) is -0.119. The van der Waals surface area contributed by atoms with Crippen molar-refractivity contribution in [3.63, 3.8) is 0 Å². The van der Waals surface area contributed by atoms with E-state index in [-0.39, 0.29) is 11.3 Å². The van der Waals surface area contributed by atoms with Crippen LogP contribution in [0.15, 0.2) is 18.7 Å². The van der Waals surface area contributed by atoms with E-state index in [9.17, 15) is 0 Å². The van der Waals surface area contributed by atoms with E-state index >= 15 is 0 Å². The van der Waals surface area contributed by atoms with Crippen LogP contribution in [0.2, 0.25) is 0 Å². The van der Waals surface area contributed by atoms with Gasteiger partial charge in [0.15, 0.2) is 0 Å². The monoisotopic (exact) mass is 535 g/mol. The average Bonchev–Trinajstić information content (AvgIpc) is 3.35. The normalized spacial score (nSPS) is 13.9. The molecule has 0 fully saturated rings. The van der Waals surface area contributed by atoms with Crippen molar-refractivity contribution in [1.82, 2.24) is 14.9 Å². The van der Waals surface area contributed by atoms with Crippen LogP contribution >= 0.6 is 0 Å². The van der Waals surface area contributed by atoms with Gasteiger partial charge in [-0.25, -0.2) is 4.98 Å². The third-order valence-corrected chi connectivity index (χ3v) is 12.2. The maximum atomic E-state index is 6.13. The second kappa shape index (κ2) is 20.4. The minimum atomic E-state index is -2.91. The molecule has 1 rings (SSSR count). The molecule has 0 amide bonds. The minimum Gasteiger partial charge on any atom is -0.373 e. The van der Waals surface area contributed by atoms with Gasteiger partial charge in [0.05, 0.1) is 17.7 Å². The molecule has 0 spiro atoms. The van der Waals surface area contributed by atoms with E-state index in [1.165, 1.54) is 6.42 Å². The molecular weight excluding hydrogens is 482 g/mol. The number of hydrogen-bond acceptors (Lipinski definition) is 8. The predicted molar refractivity (Wildman–Crippen MR) is 145 cm³/mol. The highest BCUT2D eigenvalue weighted by molar-refractivity contribution is 6.64. The molecule has 0 aliphatic rings. The van der Waals surface area contributed by atoms with Crippen LogP contribution in [0.1, 0.15) is 81.6 Å². The van der Waals surface area contributed by atoms with Gasteiger partial charge in [-0.15, -0.1) is 0 Å². The van der Waals surface area contributed by atoms with Gasteiger partial charge in [-0.1, -0.05) is 20.8 Å². The molecule has 0 bridgehead atoms. The van der Waals surface area contributed by atoms with Crippen LogP contribution in [0.5, 0.6) is 0 Å². The van der Waals surface area contributed by atoms with E-state index in [1.807, 2.05) is 54.1 Å². The van der Waals surface area contributed by atoms with Crippen LogP contribution in [0.25, 0.3) is 0 Å². The molecule has 0 aliphatic carbocycles. The standard InChI is InChI=1S/C18H43NO6Si2.C6H10N2/c1-9-17(26(20-11-3,21-12-4)22-13-5)19-18(10-2)27(23-14-6,24-15-7)25-16-8;1-2-4-8-5-3-7-6-8/h17-19H,9-16H2,1-8H3;3,5-6H,2,4H2,1H3. The van der Waals surface area contributed by atoms with Crippen molar-refractivity contribution in [2.45, 2.75) is 99.5 Å². The van der Waals surface area contributed by atoms with Crippen LogP contribution in [-0.2, 0) is 33.1 Å². The van der Waals surface area contributed by atoms with Crippen molar-refractivity contribution in [3.05, 3.63) is 18.7 Å². The van der Waals surface area contributed by atoms with Crippen LogP contribution < -0.4 is 5.32 Å². The zero-order chi connectivity index (χ0) is 26.6. The van der Waals surface area contributed by atoms with Gasteiger partial charge in [-0.05, 0) is 60.8 Å². The zero-order valence-electron chi connectivity index (χ0n) is 23.8. The van der Waals surface area contributed by atoms with E-state index in [1.54, 1.807) is 6.20 Å². The summed E-state index contributed by atoms with van der Waals surface area (Å²) in [5, 5.41) is 3.72. The summed E-state index contributed by atoms with van der Waals surface area (Å²) in [6, 6.07) is 0. The molecule has 0 aromatic carbocycles. The molecule has 1 aromatic heterocycles. The number of rotatable bonds is 20. The molecule has 35 heavy (non-hydrogen) atoms. The summed E-state index contributed by atoms with van der Waals surface area (Å²) in [6.45, 7) is 22.6. The third kappa shape index (κ3) is 11.5. The van der Waals surface area contributed by atoms with Crippen LogP contribution in [0, 0.1) is 0 Å². The van der Waals surface area contributed by atoms with E-state index in [0.717, 1.165) is 19.4 Å². The molecular formula is C24H53N3O6Si2. The highest BCUT2D eigenvalue weighted by Gasteiger charge is 2.54. The molecule has 1 heterocycles. The first-order valence-corrected chi connectivity index (χ1v) is 17.1. The first-order valence-electron chi connectivity index (χ1n) is 13.5. The van der Waals surface area contributed by atoms with Gasteiger partial charge in [0.25, 0.3) is 0 Å². The molecule has 9 nitrogen and oxygen atoms in total. The highest BCUT2D eigenvalue weighted by atomic mass is 28.4. The van der Waals surface area contributed by atoms with Gasteiger partial charge in [0.2, 0.25) is 0 Å². The summed E-state index contributed by atoms with van der Waals surface area (Å²) >= 11 is 0. The summed E-state index contributed by atoms with van der Waals surface area (Å²) in [7, 11) is -5.81. The smallest absolute Gasteiger partial charge is 0.373 e. The first kappa shape index (κ1) is 34.4. The largest absolute Gasteiger partial charge is 0.518 e. The fourth-order valence-corrected chi connectivity index (χ4v) is 10.0. The Hall–Kier alpha value is -0.636. The van der Waals surface area contributed by atoms with Crippen molar-refractivity contribution >= 4 is 17.6 Å². The highest BCUT2D eigenvalue weighted by Crippen LogP contribution is 2.23. The van der Waals surface area contributed by atoms with Crippen LogP contribution in [-0.4, -0.2) is 78.1 Å². The molecule has 2 unspecified atom stereocenters.